The highest BCUT2D eigenvalue weighted by atomic mass is 19.1. The number of carboxylic acids is 1. The summed E-state index contributed by atoms with van der Waals surface area (Å²) in [5.74, 6) is -1.89. The van der Waals surface area contributed by atoms with Gasteiger partial charge in [-0.3, -0.25) is 9.59 Å². The lowest BCUT2D eigenvalue weighted by Gasteiger charge is -2.15. The van der Waals surface area contributed by atoms with Crippen molar-refractivity contribution in [1.82, 2.24) is 0 Å². The minimum absolute atomic E-state index is 0.0995. The Bertz CT molecular complexity index is 486. The predicted molar refractivity (Wildman–Crippen MR) is 70.4 cm³/mol. The fourth-order valence-corrected chi connectivity index (χ4v) is 1.49. The van der Waals surface area contributed by atoms with Gasteiger partial charge in [-0.1, -0.05) is 26.8 Å². The number of hydrogen-bond acceptors (Lipinski definition) is 2. The van der Waals surface area contributed by atoms with E-state index in [0.717, 1.165) is 6.07 Å². The molecule has 0 aliphatic carbocycles. The monoisotopic (exact) mass is 267 g/mol. The molecule has 0 saturated carbocycles. The average molecular weight is 267 g/mol. The van der Waals surface area contributed by atoms with Crippen molar-refractivity contribution in [3.63, 3.8) is 0 Å². The van der Waals surface area contributed by atoms with Crippen LogP contribution in [0, 0.1) is 17.7 Å². The molecule has 1 atom stereocenters. The third-order valence-corrected chi connectivity index (χ3v) is 3.08. The molecule has 0 aromatic heterocycles. The van der Waals surface area contributed by atoms with Gasteiger partial charge in [-0.05, 0) is 23.6 Å². The topological polar surface area (TPSA) is 66.4 Å². The second kappa shape index (κ2) is 6.31. The summed E-state index contributed by atoms with van der Waals surface area (Å²) >= 11 is 0. The second-order valence-corrected chi connectivity index (χ2v) is 4.90. The van der Waals surface area contributed by atoms with Gasteiger partial charge in [0.05, 0.1) is 6.42 Å². The van der Waals surface area contributed by atoms with Gasteiger partial charge in [-0.25, -0.2) is 4.39 Å². The fourth-order valence-electron chi connectivity index (χ4n) is 1.49. The minimum Gasteiger partial charge on any atom is -0.481 e. The van der Waals surface area contributed by atoms with Crippen molar-refractivity contribution in [2.45, 2.75) is 27.2 Å². The van der Waals surface area contributed by atoms with Crippen LogP contribution in [0.25, 0.3) is 0 Å². The predicted octanol–water partition coefficient (Wildman–Crippen LogP) is 2.68. The maximum Gasteiger partial charge on any atom is 0.307 e. The summed E-state index contributed by atoms with van der Waals surface area (Å²) in [4.78, 5) is 22.3. The first-order valence-corrected chi connectivity index (χ1v) is 6.12. The third kappa shape index (κ3) is 4.35. The number of halogens is 1. The lowest BCUT2D eigenvalue weighted by atomic mass is 9.97. The van der Waals surface area contributed by atoms with Gasteiger partial charge in [0.25, 0.3) is 0 Å². The van der Waals surface area contributed by atoms with Gasteiger partial charge < -0.3 is 10.4 Å². The zero-order valence-corrected chi connectivity index (χ0v) is 11.2. The number of rotatable bonds is 5. The number of carbonyl (C=O) groups excluding carboxylic acids is 1. The molecule has 1 unspecified atom stereocenters. The summed E-state index contributed by atoms with van der Waals surface area (Å²) in [6, 6.07) is 4.02. The molecule has 5 heteroatoms. The number of carboxylic acid groups (broad SMARTS) is 1. The maximum absolute atomic E-state index is 13.6. The van der Waals surface area contributed by atoms with Gasteiger partial charge >= 0.3 is 5.97 Å². The Kier molecular flexibility index (Phi) is 5.03. The molecule has 0 bridgehead atoms. The minimum atomic E-state index is -1.09. The third-order valence-electron chi connectivity index (χ3n) is 3.08. The Morgan fingerprint density at radius 3 is 2.42 bits per heavy atom. The molecule has 1 rings (SSSR count). The van der Waals surface area contributed by atoms with Crippen LogP contribution >= 0.6 is 0 Å². The van der Waals surface area contributed by atoms with E-state index in [-0.39, 0.29) is 29.7 Å². The molecular weight excluding hydrogens is 249 g/mol. The summed E-state index contributed by atoms with van der Waals surface area (Å²) in [7, 11) is 0. The standard InChI is InChI=1S/C14H18FNO3/c1-8(2)9(3)14(19)16-11-5-4-10(6-13(17)18)12(15)7-11/h4-5,7-9H,6H2,1-3H3,(H,16,19)(H,17,18). The zero-order chi connectivity index (χ0) is 14.6. The Morgan fingerprint density at radius 1 is 1.32 bits per heavy atom. The van der Waals surface area contributed by atoms with E-state index < -0.39 is 11.8 Å². The highest BCUT2D eigenvalue weighted by Crippen LogP contribution is 2.18. The van der Waals surface area contributed by atoms with Crippen molar-refractivity contribution in [3.8, 4) is 0 Å². The first-order valence-electron chi connectivity index (χ1n) is 6.12. The lowest BCUT2D eigenvalue weighted by Crippen LogP contribution is -2.24. The van der Waals surface area contributed by atoms with Crippen molar-refractivity contribution in [2.75, 3.05) is 5.32 Å². The van der Waals surface area contributed by atoms with Gasteiger partial charge in [0, 0.05) is 11.6 Å². The van der Waals surface area contributed by atoms with Crippen LogP contribution < -0.4 is 5.32 Å². The lowest BCUT2D eigenvalue weighted by molar-refractivity contribution is -0.136. The van der Waals surface area contributed by atoms with Crippen LogP contribution in [0.3, 0.4) is 0 Å². The number of amides is 1. The number of carbonyl (C=O) groups is 2. The van der Waals surface area contributed by atoms with Gasteiger partial charge in [-0.15, -0.1) is 0 Å². The number of benzene rings is 1. The number of anilines is 1. The van der Waals surface area contributed by atoms with Crippen LogP contribution in [-0.4, -0.2) is 17.0 Å². The highest BCUT2D eigenvalue weighted by molar-refractivity contribution is 5.92. The SMILES string of the molecule is CC(C)C(C)C(=O)Nc1ccc(CC(=O)O)c(F)c1. The molecule has 0 heterocycles. The highest BCUT2D eigenvalue weighted by Gasteiger charge is 2.17. The fraction of sp³-hybridized carbons (Fsp3) is 0.429. The van der Waals surface area contributed by atoms with Crippen LogP contribution in [0.2, 0.25) is 0 Å². The van der Waals surface area contributed by atoms with Gasteiger partial charge in [0.2, 0.25) is 5.91 Å². The Labute approximate surface area is 111 Å². The molecule has 1 aromatic rings. The summed E-state index contributed by atoms with van der Waals surface area (Å²) in [6.45, 7) is 5.66. The van der Waals surface area contributed by atoms with Crippen molar-refractivity contribution >= 4 is 17.6 Å². The van der Waals surface area contributed by atoms with Crippen molar-refractivity contribution < 1.29 is 19.1 Å². The summed E-state index contributed by atoms with van der Waals surface area (Å²) in [6.07, 6.45) is -0.373. The van der Waals surface area contributed by atoms with Crippen molar-refractivity contribution in [2.24, 2.45) is 11.8 Å². The normalized spacial score (nSPS) is 12.3. The van der Waals surface area contributed by atoms with E-state index in [9.17, 15) is 14.0 Å². The first kappa shape index (κ1) is 15.1. The molecule has 0 aliphatic rings. The molecule has 0 spiro atoms. The van der Waals surface area contributed by atoms with Crippen molar-refractivity contribution in [1.29, 1.82) is 0 Å². The van der Waals surface area contributed by atoms with Gasteiger partial charge in [-0.2, -0.15) is 0 Å². The molecule has 0 aliphatic heterocycles. The largest absolute Gasteiger partial charge is 0.481 e. The second-order valence-electron chi connectivity index (χ2n) is 4.90. The van der Waals surface area contributed by atoms with Crippen LogP contribution in [-0.2, 0) is 16.0 Å². The van der Waals surface area contributed by atoms with Crippen LogP contribution in [0.5, 0.6) is 0 Å². The summed E-state index contributed by atoms with van der Waals surface area (Å²) < 4.78 is 13.6. The summed E-state index contributed by atoms with van der Waals surface area (Å²) in [5, 5.41) is 11.2. The number of hydrogen-bond donors (Lipinski definition) is 2. The van der Waals surface area contributed by atoms with Gasteiger partial charge in [0.1, 0.15) is 5.82 Å². The molecule has 0 fully saturated rings. The number of nitrogens with one attached hydrogen (secondary N) is 1. The number of aliphatic carboxylic acids is 1. The van der Waals surface area contributed by atoms with Crippen LogP contribution in [0.1, 0.15) is 26.3 Å². The molecule has 19 heavy (non-hydrogen) atoms. The molecule has 0 saturated heterocycles. The smallest absolute Gasteiger partial charge is 0.307 e. The molecule has 0 radical (unpaired) electrons. The molecular formula is C14H18FNO3. The molecule has 1 amide bonds. The molecule has 104 valence electrons. The van der Waals surface area contributed by atoms with Crippen LogP contribution in [0.4, 0.5) is 10.1 Å². The summed E-state index contributed by atoms with van der Waals surface area (Å²) in [5.41, 5.74) is 0.437. The molecule has 1 aromatic carbocycles. The van der Waals surface area contributed by atoms with E-state index in [2.05, 4.69) is 5.32 Å². The van der Waals surface area contributed by atoms with E-state index in [1.807, 2.05) is 13.8 Å². The van der Waals surface area contributed by atoms with Gasteiger partial charge in [0.15, 0.2) is 0 Å². The zero-order valence-electron chi connectivity index (χ0n) is 11.2. The van der Waals surface area contributed by atoms with E-state index in [1.165, 1.54) is 12.1 Å². The maximum atomic E-state index is 13.6. The van der Waals surface area contributed by atoms with E-state index in [4.69, 9.17) is 5.11 Å². The van der Waals surface area contributed by atoms with E-state index in [1.54, 1.807) is 6.92 Å². The Balaban J connectivity index is 2.79. The quantitative estimate of drug-likeness (QED) is 0.862. The molecule has 4 nitrogen and oxygen atoms in total. The first-order chi connectivity index (χ1) is 8.81. The van der Waals surface area contributed by atoms with E-state index in [0.29, 0.717) is 5.69 Å². The van der Waals surface area contributed by atoms with Crippen molar-refractivity contribution in [3.05, 3.63) is 29.6 Å². The van der Waals surface area contributed by atoms with E-state index >= 15 is 0 Å². The Hall–Kier alpha value is -1.91. The average Bonchev–Trinajstić information content (AvgIpc) is 2.31. The molecule has 2 N–H and O–H groups in total. The Morgan fingerprint density at radius 2 is 1.95 bits per heavy atom. The van der Waals surface area contributed by atoms with Crippen LogP contribution in [0.15, 0.2) is 18.2 Å².